The first-order chi connectivity index (χ1) is 5.44. The Labute approximate surface area is 77.7 Å². The molecule has 0 heterocycles. The summed E-state index contributed by atoms with van der Waals surface area (Å²) in [5.41, 5.74) is 1.17. The lowest BCUT2D eigenvalue weighted by Crippen LogP contribution is -2.33. The highest BCUT2D eigenvalue weighted by atomic mass is 14.5. The molecule has 0 radical (unpaired) electrons. The Kier molecular flexibility index (Phi) is 2.56. The lowest BCUT2D eigenvalue weighted by molar-refractivity contribution is 0.0850. The van der Waals surface area contributed by atoms with Crippen molar-refractivity contribution in [2.75, 3.05) is 0 Å². The summed E-state index contributed by atoms with van der Waals surface area (Å²) in [5.74, 6) is 0.911. The number of rotatable bonds is 2. The highest BCUT2D eigenvalue weighted by molar-refractivity contribution is 4.98. The summed E-state index contributed by atoms with van der Waals surface area (Å²) in [6.07, 6.45) is 5.62. The standard InChI is InChI=1S/C12H24/c1-6-8-12(5)9-7-10(2)11(12,3)4/h10H,6-9H2,1-5H3. The summed E-state index contributed by atoms with van der Waals surface area (Å²) in [6.45, 7) is 12.1. The Bertz CT molecular complexity index is 153. The molecule has 2 unspecified atom stereocenters. The van der Waals surface area contributed by atoms with Gasteiger partial charge in [0.05, 0.1) is 0 Å². The largest absolute Gasteiger partial charge is 0.0654 e. The van der Waals surface area contributed by atoms with Crippen molar-refractivity contribution in [3.05, 3.63) is 0 Å². The molecule has 0 amide bonds. The third kappa shape index (κ3) is 1.30. The molecule has 0 aromatic carbocycles. The molecule has 0 spiro atoms. The fraction of sp³-hybridized carbons (Fsp3) is 1.00. The van der Waals surface area contributed by atoms with Crippen LogP contribution in [0.15, 0.2) is 0 Å². The normalized spacial score (nSPS) is 40.2. The average Bonchev–Trinajstić information content (AvgIpc) is 2.16. The molecule has 1 aliphatic rings. The van der Waals surface area contributed by atoms with Gasteiger partial charge in [-0.3, -0.25) is 0 Å². The predicted molar refractivity (Wildman–Crippen MR) is 55.2 cm³/mol. The van der Waals surface area contributed by atoms with Gasteiger partial charge in [0.1, 0.15) is 0 Å². The van der Waals surface area contributed by atoms with Crippen molar-refractivity contribution in [2.45, 2.75) is 60.3 Å². The average molecular weight is 168 g/mol. The first kappa shape index (κ1) is 10.1. The molecule has 0 N–H and O–H groups in total. The quantitative estimate of drug-likeness (QED) is 0.578. The minimum atomic E-state index is 0.559. The first-order valence-corrected chi connectivity index (χ1v) is 5.44. The second kappa shape index (κ2) is 3.05. The van der Waals surface area contributed by atoms with E-state index in [1.165, 1.54) is 25.7 Å². The van der Waals surface area contributed by atoms with Gasteiger partial charge in [-0.25, -0.2) is 0 Å². The van der Waals surface area contributed by atoms with E-state index in [2.05, 4.69) is 34.6 Å². The van der Waals surface area contributed by atoms with Gasteiger partial charge >= 0.3 is 0 Å². The van der Waals surface area contributed by atoms with Crippen molar-refractivity contribution in [1.29, 1.82) is 0 Å². The molecule has 0 bridgehead atoms. The van der Waals surface area contributed by atoms with Gasteiger partial charge < -0.3 is 0 Å². The topological polar surface area (TPSA) is 0 Å². The molecule has 0 aromatic rings. The SMILES string of the molecule is CCCC1(C)CCC(C)C1(C)C. The molecule has 2 atom stereocenters. The third-order valence-electron chi connectivity index (χ3n) is 4.72. The van der Waals surface area contributed by atoms with E-state index in [0.717, 1.165) is 5.92 Å². The molecule has 0 aromatic heterocycles. The van der Waals surface area contributed by atoms with Crippen LogP contribution in [-0.2, 0) is 0 Å². The Morgan fingerprint density at radius 2 is 1.83 bits per heavy atom. The molecular weight excluding hydrogens is 144 g/mol. The Morgan fingerprint density at radius 3 is 2.17 bits per heavy atom. The Morgan fingerprint density at radius 1 is 1.25 bits per heavy atom. The summed E-state index contributed by atoms with van der Waals surface area (Å²) in [5, 5.41) is 0. The molecule has 1 rings (SSSR count). The van der Waals surface area contributed by atoms with E-state index < -0.39 is 0 Å². The van der Waals surface area contributed by atoms with Gasteiger partial charge in [0, 0.05) is 0 Å². The second-order valence-electron chi connectivity index (χ2n) is 5.47. The highest BCUT2D eigenvalue weighted by Gasteiger charge is 2.48. The monoisotopic (exact) mass is 168 g/mol. The minimum absolute atomic E-state index is 0.559. The van der Waals surface area contributed by atoms with Crippen molar-refractivity contribution in [2.24, 2.45) is 16.7 Å². The van der Waals surface area contributed by atoms with E-state index in [1.54, 1.807) is 0 Å². The fourth-order valence-electron chi connectivity index (χ4n) is 2.81. The van der Waals surface area contributed by atoms with Gasteiger partial charge in [0.2, 0.25) is 0 Å². The molecule has 1 saturated carbocycles. The first-order valence-electron chi connectivity index (χ1n) is 5.44. The maximum Gasteiger partial charge on any atom is -0.0272 e. The van der Waals surface area contributed by atoms with Crippen LogP contribution in [0.1, 0.15) is 60.3 Å². The molecule has 0 saturated heterocycles. The van der Waals surface area contributed by atoms with Crippen LogP contribution in [-0.4, -0.2) is 0 Å². The van der Waals surface area contributed by atoms with Gasteiger partial charge in [-0.1, -0.05) is 41.0 Å². The van der Waals surface area contributed by atoms with Crippen molar-refractivity contribution in [1.82, 2.24) is 0 Å². The van der Waals surface area contributed by atoms with E-state index in [9.17, 15) is 0 Å². The van der Waals surface area contributed by atoms with Crippen LogP contribution in [0.4, 0.5) is 0 Å². The molecule has 0 heteroatoms. The summed E-state index contributed by atoms with van der Waals surface area (Å²) in [7, 11) is 0. The smallest absolute Gasteiger partial charge is 0.0272 e. The lowest BCUT2D eigenvalue weighted by atomic mass is 9.64. The van der Waals surface area contributed by atoms with Gasteiger partial charge in [0.15, 0.2) is 0 Å². The zero-order valence-corrected chi connectivity index (χ0v) is 9.41. The Balaban J connectivity index is 2.78. The molecule has 0 aliphatic heterocycles. The third-order valence-corrected chi connectivity index (χ3v) is 4.72. The highest BCUT2D eigenvalue weighted by Crippen LogP contribution is 2.57. The zero-order valence-electron chi connectivity index (χ0n) is 9.41. The molecule has 12 heavy (non-hydrogen) atoms. The summed E-state index contributed by atoms with van der Waals surface area (Å²) in [4.78, 5) is 0. The van der Waals surface area contributed by atoms with Crippen molar-refractivity contribution >= 4 is 0 Å². The van der Waals surface area contributed by atoms with Crippen LogP contribution in [0.2, 0.25) is 0 Å². The zero-order chi connectivity index (χ0) is 9.41. The van der Waals surface area contributed by atoms with E-state index in [1.807, 2.05) is 0 Å². The van der Waals surface area contributed by atoms with Gasteiger partial charge in [-0.15, -0.1) is 0 Å². The van der Waals surface area contributed by atoms with Crippen molar-refractivity contribution < 1.29 is 0 Å². The van der Waals surface area contributed by atoms with Crippen LogP contribution in [0.5, 0.6) is 0 Å². The molecule has 72 valence electrons. The van der Waals surface area contributed by atoms with Crippen molar-refractivity contribution in [3.63, 3.8) is 0 Å². The van der Waals surface area contributed by atoms with E-state index >= 15 is 0 Å². The van der Waals surface area contributed by atoms with Gasteiger partial charge in [-0.2, -0.15) is 0 Å². The molecule has 1 aliphatic carbocycles. The van der Waals surface area contributed by atoms with E-state index in [4.69, 9.17) is 0 Å². The summed E-state index contributed by atoms with van der Waals surface area (Å²) in [6, 6.07) is 0. The van der Waals surface area contributed by atoms with Gasteiger partial charge in [-0.05, 0) is 36.0 Å². The fourth-order valence-corrected chi connectivity index (χ4v) is 2.81. The van der Waals surface area contributed by atoms with Gasteiger partial charge in [0.25, 0.3) is 0 Å². The molecular formula is C12H24. The number of hydrogen-bond donors (Lipinski definition) is 0. The van der Waals surface area contributed by atoms with Crippen molar-refractivity contribution in [3.8, 4) is 0 Å². The lowest BCUT2D eigenvalue weighted by Gasteiger charge is -2.41. The number of hydrogen-bond acceptors (Lipinski definition) is 0. The minimum Gasteiger partial charge on any atom is -0.0654 e. The Hall–Kier alpha value is 0. The van der Waals surface area contributed by atoms with Crippen LogP contribution in [0.25, 0.3) is 0 Å². The van der Waals surface area contributed by atoms with Crippen LogP contribution >= 0.6 is 0 Å². The molecule has 0 nitrogen and oxygen atoms in total. The van der Waals surface area contributed by atoms with Crippen LogP contribution in [0.3, 0.4) is 0 Å². The molecule has 1 fully saturated rings. The maximum atomic E-state index is 2.49. The second-order valence-corrected chi connectivity index (χ2v) is 5.47. The predicted octanol–water partition coefficient (Wildman–Crippen LogP) is 4.25. The summed E-state index contributed by atoms with van der Waals surface area (Å²) < 4.78 is 0. The van der Waals surface area contributed by atoms with E-state index in [-0.39, 0.29) is 0 Å². The van der Waals surface area contributed by atoms with E-state index in [0.29, 0.717) is 10.8 Å². The van der Waals surface area contributed by atoms with Crippen LogP contribution < -0.4 is 0 Å². The maximum absolute atomic E-state index is 2.49. The summed E-state index contributed by atoms with van der Waals surface area (Å²) >= 11 is 0. The van der Waals surface area contributed by atoms with Crippen LogP contribution in [0, 0.1) is 16.7 Å².